The molecule has 1 N–H and O–H groups in total. The zero-order valence-corrected chi connectivity index (χ0v) is 11.9. The van der Waals surface area contributed by atoms with Crippen molar-refractivity contribution in [1.29, 1.82) is 5.26 Å². The van der Waals surface area contributed by atoms with Gasteiger partial charge in [-0.2, -0.15) is 5.26 Å². The molecule has 3 aromatic carbocycles. The molecule has 0 spiro atoms. The Bertz CT molecular complexity index is 810. The first-order valence-electron chi connectivity index (χ1n) is 6.99. The lowest BCUT2D eigenvalue weighted by Gasteiger charge is -2.17. The van der Waals surface area contributed by atoms with Crippen LogP contribution in [0.25, 0.3) is 10.8 Å². The highest BCUT2D eigenvalue weighted by atomic mass is 14.9. The van der Waals surface area contributed by atoms with Gasteiger partial charge in [0.1, 0.15) is 6.04 Å². The van der Waals surface area contributed by atoms with Crippen molar-refractivity contribution in [3.8, 4) is 6.07 Å². The number of hydrogen-bond donors (Lipinski definition) is 1. The van der Waals surface area contributed by atoms with Crippen LogP contribution in [0.5, 0.6) is 0 Å². The average molecular weight is 272 g/mol. The molecule has 1 unspecified atom stereocenters. The molecule has 0 aromatic heterocycles. The van der Waals surface area contributed by atoms with Gasteiger partial charge < -0.3 is 5.32 Å². The molecule has 0 saturated heterocycles. The van der Waals surface area contributed by atoms with E-state index in [1.165, 1.54) is 0 Å². The van der Waals surface area contributed by atoms with Crippen LogP contribution in [0.1, 0.15) is 17.2 Å². The minimum absolute atomic E-state index is 0.364. The fourth-order valence-corrected chi connectivity index (χ4v) is 2.57. The summed E-state index contributed by atoms with van der Waals surface area (Å²) >= 11 is 0. The molecule has 3 rings (SSSR count). The minimum Gasteiger partial charge on any atom is -0.366 e. The van der Waals surface area contributed by atoms with Gasteiger partial charge in [0, 0.05) is 5.69 Å². The Morgan fingerprint density at radius 3 is 2.43 bits per heavy atom. The van der Waals surface area contributed by atoms with Crippen molar-refractivity contribution in [3.05, 3.63) is 77.9 Å². The number of nitriles is 1. The van der Waals surface area contributed by atoms with E-state index in [1.807, 2.05) is 55.5 Å². The Morgan fingerprint density at radius 1 is 0.905 bits per heavy atom. The highest BCUT2D eigenvalue weighted by Crippen LogP contribution is 2.27. The number of hydrogen-bond acceptors (Lipinski definition) is 2. The summed E-state index contributed by atoms with van der Waals surface area (Å²) in [5.74, 6) is 0. The topological polar surface area (TPSA) is 35.8 Å². The Balaban J connectivity index is 2.04. The Hall–Kier alpha value is -2.79. The van der Waals surface area contributed by atoms with Gasteiger partial charge in [0.15, 0.2) is 0 Å². The van der Waals surface area contributed by atoms with Crippen LogP contribution in [0.2, 0.25) is 0 Å². The first kappa shape index (κ1) is 13.2. The van der Waals surface area contributed by atoms with Gasteiger partial charge in [0.25, 0.3) is 0 Å². The van der Waals surface area contributed by atoms with Crippen molar-refractivity contribution in [2.45, 2.75) is 13.0 Å². The molecule has 3 aromatic rings. The summed E-state index contributed by atoms with van der Waals surface area (Å²) in [7, 11) is 0. The number of rotatable bonds is 3. The van der Waals surface area contributed by atoms with E-state index in [2.05, 4.69) is 29.6 Å². The van der Waals surface area contributed by atoms with Crippen LogP contribution in [0.4, 0.5) is 5.69 Å². The zero-order chi connectivity index (χ0) is 14.7. The summed E-state index contributed by atoms with van der Waals surface area (Å²) in [4.78, 5) is 0. The Morgan fingerprint density at radius 2 is 1.62 bits per heavy atom. The van der Waals surface area contributed by atoms with Crippen LogP contribution in [0, 0.1) is 18.3 Å². The summed E-state index contributed by atoms with van der Waals surface area (Å²) < 4.78 is 0. The second kappa shape index (κ2) is 5.68. The molecule has 0 aliphatic carbocycles. The van der Waals surface area contributed by atoms with E-state index < -0.39 is 0 Å². The highest BCUT2D eigenvalue weighted by Gasteiger charge is 2.13. The molecule has 102 valence electrons. The molecular weight excluding hydrogens is 256 g/mol. The summed E-state index contributed by atoms with van der Waals surface area (Å²) in [5, 5.41) is 15.2. The predicted octanol–water partition coefficient (Wildman–Crippen LogP) is 4.83. The number of anilines is 1. The van der Waals surface area contributed by atoms with Gasteiger partial charge >= 0.3 is 0 Å². The van der Waals surface area contributed by atoms with Gasteiger partial charge in [-0.15, -0.1) is 0 Å². The molecule has 2 nitrogen and oxygen atoms in total. The lowest BCUT2D eigenvalue weighted by atomic mass is 9.99. The molecule has 21 heavy (non-hydrogen) atoms. The maximum Gasteiger partial charge on any atom is 0.140 e. The van der Waals surface area contributed by atoms with E-state index >= 15 is 0 Å². The molecule has 0 aliphatic heterocycles. The number of fused-ring (bicyclic) bond motifs is 1. The standard InChI is InChI=1S/C19H16N2/c1-14-7-2-5-12-18(14)21-19(13-20)17-11-6-9-15-8-3-4-10-16(15)17/h2-12,19,21H,1H3. The van der Waals surface area contributed by atoms with E-state index in [1.54, 1.807) is 0 Å². The van der Waals surface area contributed by atoms with E-state index in [4.69, 9.17) is 0 Å². The van der Waals surface area contributed by atoms with Crippen molar-refractivity contribution >= 4 is 16.5 Å². The molecule has 2 heteroatoms. The van der Waals surface area contributed by atoms with Crippen molar-refractivity contribution in [3.63, 3.8) is 0 Å². The first-order chi connectivity index (χ1) is 10.3. The van der Waals surface area contributed by atoms with Crippen LogP contribution in [-0.2, 0) is 0 Å². The molecule has 0 radical (unpaired) electrons. The smallest absolute Gasteiger partial charge is 0.140 e. The van der Waals surface area contributed by atoms with E-state index in [-0.39, 0.29) is 6.04 Å². The van der Waals surface area contributed by atoms with Gasteiger partial charge in [-0.05, 0) is 34.9 Å². The van der Waals surface area contributed by atoms with E-state index in [9.17, 15) is 5.26 Å². The monoisotopic (exact) mass is 272 g/mol. The average Bonchev–Trinajstić information content (AvgIpc) is 2.54. The molecule has 0 bridgehead atoms. The molecule has 0 heterocycles. The number of nitrogens with zero attached hydrogens (tertiary/aromatic N) is 1. The van der Waals surface area contributed by atoms with Crippen LogP contribution in [0.3, 0.4) is 0 Å². The van der Waals surface area contributed by atoms with Crippen LogP contribution in [-0.4, -0.2) is 0 Å². The van der Waals surface area contributed by atoms with Crippen LogP contribution < -0.4 is 5.32 Å². The zero-order valence-electron chi connectivity index (χ0n) is 11.9. The number of nitrogens with one attached hydrogen (secondary N) is 1. The number of aryl methyl sites for hydroxylation is 1. The lowest BCUT2D eigenvalue weighted by Crippen LogP contribution is -2.09. The lowest BCUT2D eigenvalue weighted by molar-refractivity contribution is 1.01. The maximum atomic E-state index is 9.58. The van der Waals surface area contributed by atoms with Gasteiger partial charge in [0.05, 0.1) is 6.07 Å². The molecule has 0 aliphatic rings. The normalized spacial score (nSPS) is 11.8. The van der Waals surface area contributed by atoms with Crippen molar-refractivity contribution in [2.75, 3.05) is 5.32 Å². The summed E-state index contributed by atoms with van der Waals surface area (Å²) in [5.41, 5.74) is 3.15. The SMILES string of the molecule is Cc1ccccc1NC(C#N)c1cccc2ccccc12. The molecular formula is C19H16N2. The van der Waals surface area contributed by atoms with Gasteiger partial charge in [0.2, 0.25) is 0 Å². The second-order valence-electron chi connectivity index (χ2n) is 5.09. The summed E-state index contributed by atoms with van der Waals surface area (Å²) in [6, 6.07) is 24.3. The van der Waals surface area contributed by atoms with Crippen LogP contribution >= 0.6 is 0 Å². The minimum atomic E-state index is -0.364. The fraction of sp³-hybridized carbons (Fsp3) is 0.105. The van der Waals surface area contributed by atoms with Crippen molar-refractivity contribution < 1.29 is 0 Å². The quantitative estimate of drug-likeness (QED) is 0.741. The van der Waals surface area contributed by atoms with E-state index in [0.717, 1.165) is 27.6 Å². The predicted molar refractivity (Wildman–Crippen MR) is 87.1 cm³/mol. The maximum absolute atomic E-state index is 9.58. The van der Waals surface area contributed by atoms with Crippen molar-refractivity contribution in [2.24, 2.45) is 0 Å². The molecule has 0 saturated carbocycles. The first-order valence-corrected chi connectivity index (χ1v) is 6.99. The largest absolute Gasteiger partial charge is 0.366 e. The van der Waals surface area contributed by atoms with E-state index in [0.29, 0.717) is 0 Å². The summed E-state index contributed by atoms with van der Waals surface area (Å²) in [6.07, 6.45) is 0. The highest BCUT2D eigenvalue weighted by molar-refractivity contribution is 5.86. The number of para-hydroxylation sites is 1. The van der Waals surface area contributed by atoms with Gasteiger partial charge in [-0.1, -0.05) is 60.7 Å². The third-order valence-corrected chi connectivity index (χ3v) is 3.71. The molecule has 1 atom stereocenters. The third-order valence-electron chi connectivity index (χ3n) is 3.71. The molecule has 0 fully saturated rings. The second-order valence-corrected chi connectivity index (χ2v) is 5.09. The molecule has 0 amide bonds. The Kier molecular flexibility index (Phi) is 3.57. The Labute approximate surface area is 124 Å². The fourth-order valence-electron chi connectivity index (χ4n) is 2.57. The van der Waals surface area contributed by atoms with Crippen LogP contribution in [0.15, 0.2) is 66.7 Å². The van der Waals surface area contributed by atoms with Crippen molar-refractivity contribution in [1.82, 2.24) is 0 Å². The third kappa shape index (κ3) is 2.59. The summed E-state index contributed by atoms with van der Waals surface area (Å²) in [6.45, 7) is 2.04. The van der Waals surface area contributed by atoms with Gasteiger partial charge in [-0.25, -0.2) is 0 Å². The van der Waals surface area contributed by atoms with Gasteiger partial charge in [-0.3, -0.25) is 0 Å². The number of benzene rings is 3.